The highest BCUT2D eigenvalue weighted by atomic mass is 32.1. The van der Waals surface area contributed by atoms with Crippen LogP contribution in [0.25, 0.3) is 0 Å². The zero-order valence-corrected chi connectivity index (χ0v) is 10.1. The van der Waals surface area contributed by atoms with Crippen LogP contribution in [0.2, 0.25) is 0 Å². The van der Waals surface area contributed by atoms with Crippen LogP contribution in [0.4, 0.5) is 0 Å². The van der Waals surface area contributed by atoms with Crippen LogP contribution in [-0.2, 0) is 11.3 Å². The summed E-state index contributed by atoms with van der Waals surface area (Å²) in [7, 11) is 0. The lowest BCUT2D eigenvalue weighted by atomic mass is 10.4. The molecule has 15 heavy (non-hydrogen) atoms. The monoisotopic (exact) mass is 225 g/mol. The van der Waals surface area contributed by atoms with Crippen LogP contribution in [0.1, 0.15) is 16.2 Å². The fraction of sp³-hybridized carbons (Fsp3) is 0.500. The predicted molar refractivity (Wildman–Crippen MR) is 66.4 cm³/mol. The van der Waals surface area contributed by atoms with E-state index in [1.807, 2.05) is 17.4 Å². The van der Waals surface area contributed by atoms with Gasteiger partial charge >= 0.3 is 0 Å². The minimum Gasteiger partial charge on any atom is -0.380 e. The zero-order valence-electron chi connectivity index (χ0n) is 9.29. The summed E-state index contributed by atoms with van der Waals surface area (Å²) in [6, 6.07) is 4.33. The summed E-state index contributed by atoms with van der Waals surface area (Å²) in [6.45, 7) is 9.19. The van der Waals surface area contributed by atoms with Gasteiger partial charge < -0.3 is 10.1 Å². The van der Waals surface area contributed by atoms with Gasteiger partial charge in [-0.1, -0.05) is 6.08 Å². The normalized spacial score (nSPS) is 10.5. The van der Waals surface area contributed by atoms with Gasteiger partial charge in [0.05, 0.1) is 13.2 Å². The van der Waals surface area contributed by atoms with Crippen molar-refractivity contribution in [1.82, 2.24) is 5.32 Å². The van der Waals surface area contributed by atoms with Gasteiger partial charge in [0.1, 0.15) is 0 Å². The summed E-state index contributed by atoms with van der Waals surface area (Å²) in [6.07, 6.45) is 2.81. The third-order valence-electron chi connectivity index (χ3n) is 1.98. The van der Waals surface area contributed by atoms with E-state index < -0.39 is 0 Å². The molecule has 84 valence electrons. The van der Waals surface area contributed by atoms with Gasteiger partial charge in [-0.15, -0.1) is 17.9 Å². The minimum atomic E-state index is 0.776. The Morgan fingerprint density at radius 3 is 3.00 bits per heavy atom. The number of rotatable bonds is 8. The summed E-state index contributed by atoms with van der Waals surface area (Å²) in [5.74, 6) is 0. The van der Waals surface area contributed by atoms with Crippen molar-refractivity contribution < 1.29 is 4.74 Å². The van der Waals surface area contributed by atoms with Crippen LogP contribution >= 0.6 is 11.3 Å². The summed E-state index contributed by atoms with van der Waals surface area (Å²) in [5.41, 5.74) is 0. The smallest absolute Gasteiger partial charge is 0.0591 e. The van der Waals surface area contributed by atoms with Crippen molar-refractivity contribution in [2.45, 2.75) is 19.9 Å². The Hall–Kier alpha value is -0.640. The van der Waals surface area contributed by atoms with Crippen LogP contribution in [0, 0.1) is 6.92 Å². The molecule has 0 unspecified atom stereocenters. The topological polar surface area (TPSA) is 21.3 Å². The summed E-state index contributed by atoms with van der Waals surface area (Å²) in [4.78, 5) is 2.76. The summed E-state index contributed by atoms with van der Waals surface area (Å²) >= 11 is 1.84. The van der Waals surface area contributed by atoms with Crippen molar-refractivity contribution in [3.63, 3.8) is 0 Å². The number of thiophene rings is 1. The summed E-state index contributed by atoms with van der Waals surface area (Å²) < 4.78 is 5.39. The fourth-order valence-electron chi connectivity index (χ4n) is 1.20. The first-order valence-electron chi connectivity index (χ1n) is 5.27. The molecule has 0 spiro atoms. The quantitative estimate of drug-likeness (QED) is 0.542. The molecule has 0 aliphatic carbocycles. The Labute approximate surface area is 96.0 Å². The van der Waals surface area contributed by atoms with Crippen LogP contribution in [0.15, 0.2) is 24.8 Å². The average molecular weight is 225 g/mol. The molecule has 1 rings (SSSR count). The number of aryl methyl sites for hydroxylation is 1. The second kappa shape index (κ2) is 7.63. The molecule has 1 aromatic rings. The SMILES string of the molecule is C=CCCOCCNCc1ccc(C)s1. The molecule has 0 bridgehead atoms. The van der Waals surface area contributed by atoms with Crippen molar-refractivity contribution in [3.05, 3.63) is 34.5 Å². The molecule has 0 atom stereocenters. The molecule has 0 amide bonds. The van der Waals surface area contributed by atoms with E-state index in [9.17, 15) is 0 Å². The number of hydrogen-bond donors (Lipinski definition) is 1. The second-order valence-electron chi connectivity index (χ2n) is 3.38. The summed E-state index contributed by atoms with van der Waals surface area (Å²) in [5, 5.41) is 3.35. The number of hydrogen-bond acceptors (Lipinski definition) is 3. The Bertz CT molecular complexity index is 283. The second-order valence-corrected chi connectivity index (χ2v) is 4.75. The fourth-order valence-corrected chi connectivity index (χ4v) is 2.06. The van der Waals surface area contributed by atoms with Gasteiger partial charge in [-0.2, -0.15) is 0 Å². The van der Waals surface area contributed by atoms with E-state index in [1.54, 1.807) is 0 Å². The van der Waals surface area contributed by atoms with E-state index in [-0.39, 0.29) is 0 Å². The maximum atomic E-state index is 5.39. The van der Waals surface area contributed by atoms with E-state index in [2.05, 4.69) is 31.0 Å². The first-order valence-corrected chi connectivity index (χ1v) is 6.09. The molecule has 1 aromatic heterocycles. The van der Waals surface area contributed by atoms with Crippen LogP contribution in [0.3, 0.4) is 0 Å². The van der Waals surface area contributed by atoms with Crippen LogP contribution in [0.5, 0.6) is 0 Å². The van der Waals surface area contributed by atoms with Crippen molar-refractivity contribution in [2.75, 3.05) is 19.8 Å². The Kier molecular flexibility index (Phi) is 6.32. The predicted octanol–water partition coefficient (Wildman–Crippen LogP) is 2.74. The molecule has 1 heterocycles. The highest BCUT2D eigenvalue weighted by Crippen LogP contribution is 2.14. The molecule has 1 N–H and O–H groups in total. The first kappa shape index (κ1) is 12.4. The maximum absolute atomic E-state index is 5.39. The van der Waals surface area contributed by atoms with Crippen molar-refractivity contribution in [1.29, 1.82) is 0 Å². The molecular formula is C12H19NOS. The van der Waals surface area contributed by atoms with Gasteiger partial charge in [-0.3, -0.25) is 0 Å². The van der Waals surface area contributed by atoms with Gasteiger partial charge in [-0.25, -0.2) is 0 Å². The van der Waals surface area contributed by atoms with E-state index in [4.69, 9.17) is 4.74 Å². The van der Waals surface area contributed by atoms with E-state index in [0.717, 1.165) is 32.7 Å². The molecule has 0 aliphatic rings. The third kappa shape index (κ3) is 5.72. The number of nitrogens with one attached hydrogen (secondary N) is 1. The van der Waals surface area contributed by atoms with Crippen molar-refractivity contribution in [3.8, 4) is 0 Å². The van der Waals surface area contributed by atoms with E-state index >= 15 is 0 Å². The van der Waals surface area contributed by atoms with E-state index in [1.165, 1.54) is 9.75 Å². The van der Waals surface area contributed by atoms with Crippen LogP contribution in [-0.4, -0.2) is 19.8 Å². The van der Waals surface area contributed by atoms with Crippen LogP contribution < -0.4 is 5.32 Å². The van der Waals surface area contributed by atoms with Gasteiger partial charge in [0.15, 0.2) is 0 Å². The molecule has 2 nitrogen and oxygen atoms in total. The molecular weight excluding hydrogens is 206 g/mol. The third-order valence-corrected chi connectivity index (χ3v) is 2.99. The lowest BCUT2D eigenvalue weighted by Gasteiger charge is -2.03. The highest BCUT2D eigenvalue weighted by molar-refractivity contribution is 7.11. The zero-order chi connectivity index (χ0) is 10.9. The van der Waals surface area contributed by atoms with E-state index in [0.29, 0.717) is 0 Å². The van der Waals surface area contributed by atoms with Gasteiger partial charge in [0, 0.05) is 22.8 Å². The highest BCUT2D eigenvalue weighted by Gasteiger charge is 1.95. The van der Waals surface area contributed by atoms with Gasteiger partial charge in [-0.05, 0) is 25.5 Å². The lowest BCUT2D eigenvalue weighted by Crippen LogP contribution is -2.18. The molecule has 0 fully saturated rings. The molecule has 0 radical (unpaired) electrons. The minimum absolute atomic E-state index is 0.776. The van der Waals surface area contributed by atoms with Crippen molar-refractivity contribution in [2.24, 2.45) is 0 Å². The Morgan fingerprint density at radius 1 is 1.47 bits per heavy atom. The standard InChI is InChI=1S/C12H19NOS/c1-3-4-8-14-9-7-13-10-12-6-5-11(2)15-12/h3,5-6,13H,1,4,7-10H2,2H3. The largest absolute Gasteiger partial charge is 0.380 e. The molecule has 3 heteroatoms. The molecule has 0 saturated heterocycles. The average Bonchev–Trinajstić information content (AvgIpc) is 2.63. The maximum Gasteiger partial charge on any atom is 0.0591 e. The molecule has 0 saturated carbocycles. The Balaban J connectivity index is 1.95. The van der Waals surface area contributed by atoms with Gasteiger partial charge in [0.2, 0.25) is 0 Å². The van der Waals surface area contributed by atoms with Crippen molar-refractivity contribution >= 4 is 11.3 Å². The molecule has 0 aliphatic heterocycles. The van der Waals surface area contributed by atoms with Gasteiger partial charge in [0.25, 0.3) is 0 Å². The number of ether oxygens (including phenoxy) is 1. The lowest BCUT2D eigenvalue weighted by molar-refractivity contribution is 0.140. The molecule has 0 aromatic carbocycles. The Morgan fingerprint density at radius 2 is 2.33 bits per heavy atom. The first-order chi connectivity index (χ1) is 7.33.